The second-order valence-electron chi connectivity index (χ2n) is 10.4. The number of aromatic carboxylic acids is 1. The Balaban J connectivity index is 1.27. The molecule has 0 unspecified atom stereocenters. The fourth-order valence-corrected chi connectivity index (χ4v) is 5.45. The van der Waals surface area contributed by atoms with Crippen molar-refractivity contribution in [3.05, 3.63) is 93.3 Å². The number of carboxylic acid groups (broad SMARTS) is 1. The van der Waals surface area contributed by atoms with Gasteiger partial charge in [0.25, 0.3) is 0 Å². The second kappa shape index (κ2) is 11.0. The maximum Gasteiger partial charge on any atom is 0.419 e. The second-order valence-corrected chi connectivity index (χ2v) is 10.9. The van der Waals surface area contributed by atoms with E-state index in [0.29, 0.717) is 60.9 Å². The van der Waals surface area contributed by atoms with Gasteiger partial charge >= 0.3 is 12.1 Å². The van der Waals surface area contributed by atoms with Crippen LogP contribution in [-0.2, 0) is 43.6 Å². The van der Waals surface area contributed by atoms with E-state index >= 15 is 0 Å². The Morgan fingerprint density at radius 2 is 1.90 bits per heavy atom. The molecule has 6 rings (SSSR count). The third kappa shape index (κ3) is 5.91. The SMILES string of the molecule is O=C(O)c1ccc2nc(CN3CCc4cc(C(F)(F)F)c(OCc5ccc(Cl)cc5)cc4C3)n(C[C@@H]3CCO3)c2c1. The van der Waals surface area contributed by atoms with Crippen molar-refractivity contribution in [2.75, 3.05) is 13.2 Å². The van der Waals surface area contributed by atoms with Crippen molar-refractivity contribution in [3.63, 3.8) is 0 Å². The Morgan fingerprint density at radius 1 is 1.12 bits per heavy atom. The van der Waals surface area contributed by atoms with Crippen LogP contribution in [0.25, 0.3) is 11.0 Å². The highest BCUT2D eigenvalue weighted by molar-refractivity contribution is 6.30. The summed E-state index contributed by atoms with van der Waals surface area (Å²) in [6, 6.07) is 14.4. The summed E-state index contributed by atoms with van der Waals surface area (Å²) in [5.74, 6) is -0.461. The number of halogens is 4. The van der Waals surface area contributed by atoms with E-state index in [-0.39, 0.29) is 24.0 Å². The van der Waals surface area contributed by atoms with Gasteiger partial charge in [0.2, 0.25) is 0 Å². The molecule has 0 saturated carbocycles. The Hall–Kier alpha value is -3.60. The minimum absolute atomic E-state index is 0.0195. The van der Waals surface area contributed by atoms with Crippen molar-refractivity contribution in [2.45, 2.75) is 51.4 Å². The third-order valence-electron chi connectivity index (χ3n) is 7.62. The van der Waals surface area contributed by atoms with E-state index < -0.39 is 17.7 Å². The Labute approximate surface area is 239 Å². The molecule has 41 heavy (non-hydrogen) atoms. The molecular weight excluding hydrogens is 559 g/mol. The highest BCUT2D eigenvalue weighted by Crippen LogP contribution is 2.40. The molecule has 1 N–H and O–H groups in total. The first-order valence-electron chi connectivity index (χ1n) is 13.3. The highest BCUT2D eigenvalue weighted by atomic mass is 35.5. The quantitative estimate of drug-likeness (QED) is 0.260. The number of alkyl halides is 3. The van der Waals surface area contributed by atoms with Crippen LogP contribution in [-0.4, -0.2) is 44.8 Å². The summed E-state index contributed by atoms with van der Waals surface area (Å²) < 4.78 is 55.2. The molecule has 2 aliphatic heterocycles. The number of hydrogen-bond donors (Lipinski definition) is 1. The zero-order chi connectivity index (χ0) is 28.7. The summed E-state index contributed by atoms with van der Waals surface area (Å²) in [4.78, 5) is 18.5. The Kier molecular flexibility index (Phi) is 7.39. The average Bonchev–Trinajstić information content (AvgIpc) is 3.25. The molecule has 3 heterocycles. The fourth-order valence-electron chi connectivity index (χ4n) is 5.33. The minimum atomic E-state index is -4.55. The summed E-state index contributed by atoms with van der Waals surface area (Å²) in [5.41, 5.74) is 2.94. The zero-order valence-corrected chi connectivity index (χ0v) is 22.7. The smallest absolute Gasteiger partial charge is 0.419 e. The molecule has 0 aliphatic carbocycles. The van der Waals surface area contributed by atoms with Gasteiger partial charge in [-0.05, 0) is 72.0 Å². The van der Waals surface area contributed by atoms with Crippen LogP contribution in [0.1, 0.15) is 44.9 Å². The molecule has 7 nitrogen and oxygen atoms in total. The predicted octanol–water partition coefficient (Wildman–Crippen LogP) is 6.33. The number of nitrogens with zero attached hydrogens (tertiary/aromatic N) is 3. The van der Waals surface area contributed by atoms with Crippen molar-refractivity contribution in [3.8, 4) is 5.75 Å². The normalized spacial score (nSPS) is 17.3. The number of benzene rings is 3. The topological polar surface area (TPSA) is 76.8 Å². The van der Waals surface area contributed by atoms with Crippen LogP contribution in [0.4, 0.5) is 13.2 Å². The van der Waals surface area contributed by atoms with Crippen molar-refractivity contribution in [1.82, 2.24) is 14.5 Å². The number of rotatable bonds is 8. The molecule has 1 atom stereocenters. The van der Waals surface area contributed by atoms with E-state index in [4.69, 9.17) is 26.1 Å². The van der Waals surface area contributed by atoms with E-state index in [1.165, 1.54) is 18.2 Å². The number of carbonyl (C=O) groups is 1. The number of fused-ring (bicyclic) bond motifs is 2. The predicted molar refractivity (Wildman–Crippen MR) is 146 cm³/mol. The lowest BCUT2D eigenvalue weighted by Crippen LogP contribution is -2.34. The maximum atomic E-state index is 14.0. The van der Waals surface area contributed by atoms with E-state index in [2.05, 4.69) is 4.90 Å². The maximum absolute atomic E-state index is 14.0. The summed E-state index contributed by atoms with van der Waals surface area (Å²) >= 11 is 5.92. The van der Waals surface area contributed by atoms with Gasteiger partial charge in [-0.1, -0.05) is 23.7 Å². The summed E-state index contributed by atoms with van der Waals surface area (Å²) in [6.45, 7) is 2.65. The van der Waals surface area contributed by atoms with E-state index in [1.54, 1.807) is 36.4 Å². The fraction of sp³-hybridized carbons (Fsp3) is 0.333. The molecule has 0 spiro atoms. The molecule has 0 amide bonds. The van der Waals surface area contributed by atoms with Crippen molar-refractivity contribution in [1.29, 1.82) is 0 Å². The lowest BCUT2D eigenvalue weighted by molar-refractivity contribution is -0.139. The molecule has 2 aliphatic rings. The lowest BCUT2D eigenvalue weighted by Gasteiger charge is -2.31. The monoisotopic (exact) mass is 585 g/mol. The number of carboxylic acids is 1. The first-order valence-corrected chi connectivity index (χ1v) is 13.7. The molecular formula is C30H27ClF3N3O4. The van der Waals surface area contributed by atoms with Crippen molar-refractivity contribution < 1.29 is 32.5 Å². The van der Waals surface area contributed by atoms with Crippen LogP contribution in [0.5, 0.6) is 5.75 Å². The largest absolute Gasteiger partial charge is 0.488 e. The molecule has 1 fully saturated rings. The molecule has 0 radical (unpaired) electrons. The van der Waals surface area contributed by atoms with Gasteiger partial charge in [0, 0.05) is 24.7 Å². The average molecular weight is 586 g/mol. The van der Waals surface area contributed by atoms with Crippen molar-refractivity contribution >= 4 is 28.6 Å². The number of aromatic nitrogens is 2. The van der Waals surface area contributed by atoms with Gasteiger partial charge in [0.1, 0.15) is 18.2 Å². The standard InChI is InChI=1S/C30H27ClF3N3O4/c31-22-4-1-18(2-5-22)17-41-27-13-21-14-36(9-7-19(21)11-24(27)30(32,33)34)16-28-35-25-6-3-20(29(38)39)12-26(25)37(28)15-23-8-10-40-23/h1-6,11-13,23H,7-10,14-17H2,(H,38,39)/t23-/m0/s1. The van der Waals surface area contributed by atoms with Gasteiger partial charge in [-0.25, -0.2) is 9.78 Å². The highest BCUT2D eigenvalue weighted by Gasteiger charge is 2.36. The molecule has 1 aromatic heterocycles. The van der Waals surface area contributed by atoms with Gasteiger partial charge in [-0.15, -0.1) is 0 Å². The van der Waals surface area contributed by atoms with Gasteiger partial charge in [-0.3, -0.25) is 4.90 Å². The van der Waals surface area contributed by atoms with E-state index in [9.17, 15) is 23.1 Å². The summed E-state index contributed by atoms with van der Waals surface area (Å²) in [7, 11) is 0. The molecule has 4 aromatic rings. The van der Waals surface area contributed by atoms with E-state index in [1.807, 2.05) is 4.57 Å². The molecule has 1 saturated heterocycles. The summed E-state index contributed by atoms with van der Waals surface area (Å²) in [5, 5.41) is 10.0. The van der Waals surface area contributed by atoms with Crippen LogP contribution >= 0.6 is 11.6 Å². The number of imidazole rings is 1. The van der Waals surface area contributed by atoms with Crippen LogP contribution in [0.3, 0.4) is 0 Å². The summed E-state index contributed by atoms with van der Waals surface area (Å²) in [6.07, 6.45) is -3.16. The van der Waals surface area contributed by atoms with Crippen LogP contribution in [0.15, 0.2) is 54.6 Å². The van der Waals surface area contributed by atoms with Crippen LogP contribution < -0.4 is 4.74 Å². The Morgan fingerprint density at radius 3 is 2.59 bits per heavy atom. The Bertz CT molecular complexity index is 1600. The minimum Gasteiger partial charge on any atom is -0.488 e. The number of ether oxygens (including phenoxy) is 2. The van der Waals surface area contributed by atoms with Crippen molar-refractivity contribution in [2.24, 2.45) is 0 Å². The van der Waals surface area contributed by atoms with Crippen LogP contribution in [0, 0.1) is 0 Å². The van der Waals surface area contributed by atoms with Gasteiger partial charge in [0.15, 0.2) is 0 Å². The number of hydrogen-bond acceptors (Lipinski definition) is 5. The first-order chi connectivity index (χ1) is 19.6. The zero-order valence-electron chi connectivity index (χ0n) is 22.0. The van der Waals surface area contributed by atoms with Crippen LogP contribution in [0.2, 0.25) is 5.02 Å². The van der Waals surface area contributed by atoms with Gasteiger partial charge < -0.3 is 19.1 Å². The lowest BCUT2D eigenvalue weighted by atomic mass is 9.96. The van der Waals surface area contributed by atoms with E-state index in [0.717, 1.165) is 23.3 Å². The molecule has 11 heteroatoms. The molecule has 0 bridgehead atoms. The molecule has 3 aromatic carbocycles. The van der Waals surface area contributed by atoms with Gasteiger partial charge in [0.05, 0.1) is 41.4 Å². The first kappa shape index (κ1) is 27.6. The van der Waals surface area contributed by atoms with Gasteiger partial charge in [-0.2, -0.15) is 13.2 Å². The third-order valence-corrected chi connectivity index (χ3v) is 7.88. The molecule has 214 valence electrons.